The quantitative estimate of drug-likeness (QED) is 0.572. The van der Waals surface area contributed by atoms with Crippen molar-refractivity contribution in [1.29, 1.82) is 5.41 Å². The molecule has 0 fully saturated rings. The van der Waals surface area contributed by atoms with Crippen LogP contribution in [0.3, 0.4) is 0 Å². The molecule has 0 amide bonds. The molecule has 0 spiro atoms. The number of aromatic nitrogens is 2. The number of benzene rings is 2. The summed E-state index contributed by atoms with van der Waals surface area (Å²) in [6, 6.07) is 17.8. The first kappa shape index (κ1) is 14.9. The summed E-state index contributed by atoms with van der Waals surface area (Å²) in [5, 5.41) is 7.54. The van der Waals surface area contributed by atoms with Crippen LogP contribution < -0.4 is 5.73 Å². The molecule has 0 radical (unpaired) electrons. The van der Waals surface area contributed by atoms with E-state index in [-0.39, 0.29) is 5.84 Å². The summed E-state index contributed by atoms with van der Waals surface area (Å²) >= 11 is 0. The van der Waals surface area contributed by atoms with Crippen LogP contribution in [0.15, 0.2) is 54.6 Å². The first-order chi connectivity index (χ1) is 11.0. The van der Waals surface area contributed by atoms with Crippen LogP contribution >= 0.6 is 0 Å². The van der Waals surface area contributed by atoms with Crippen LogP contribution in [-0.4, -0.2) is 15.8 Å². The summed E-state index contributed by atoms with van der Waals surface area (Å²) in [6.07, 6.45) is 0. The van der Waals surface area contributed by atoms with Crippen molar-refractivity contribution in [3.8, 4) is 22.5 Å². The molecule has 2 aromatic carbocycles. The molecule has 3 rings (SSSR count). The zero-order valence-electron chi connectivity index (χ0n) is 13.2. The van der Waals surface area contributed by atoms with Crippen LogP contribution in [0.4, 0.5) is 0 Å². The van der Waals surface area contributed by atoms with Gasteiger partial charge in [0.25, 0.3) is 0 Å². The van der Waals surface area contributed by atoms with Crippen LogP contribution in [-0.2, 0) is 0 Å². The van der Waals surface area contributed by atoms with Crippen molar-refractivity contribution in [2.45, 2.75) is 13.8 Å². The second kappa shape index (κ2) is 6.01. The molecule has 0 aliphatic heterocycles. The Morgan fingerprint density at radius 1 is 0.826 bits per heavy atom. The van der Waals surface area contributed by atoms with Crippen LogP contribution in [0.1, 0.15) is 17.0 Å². The van der Waals surface area contributed by atoms with Gasteiger partial charge >= 0.3 is 0 Å². The minimum absolute atomic E-state index is 0.0760. The van der Waals surface area contributed by atoms with Gasteiger partial charge in [-0.1, -0.05) is 42.5 Å². The van der Waals surface area contributed by atoms with Crippen LogP contribution in [0.5, 0.6) is 0 Å². The molecule has 3 N–H and O–H groups in total. The van der Waals surface area contributed by atoms with Crippen molar-refractivity contribution in [3.05, 3.63) is 71.5 Å². The van der Waals surface area contributed by atoms with Crippen molar-refractivity contribution < 1.29 is 0 Å². The van der Waals surface area contributed by atoms with E-state index in [4.69, 9.17) is 11.1 Å². The van der Waals surface area contributed by atoms with Gasteiger partial charge in [0.05, 0.1) is 0 Å². The number of nitrogen functional groups attached to an aromatic ring is 1. The lowest BCUT2D eigenvalue weighted by molar-refractivity contribution is 1.06. The third kappa shape index (κ3) is 3.26. The van der Waals surface area contributed by atoms with Gasteiger partial charge in [-0.3, -0.25) is 5.41 Å². The van der Waals surface area contributed by atoms with E-state index in [0.717, 1.165) is 39.5 Å². The van der Waals surface area contributed by atoms with Crippen molar-refractivity contribution in [2.75, 3.05) is 0 Å². The number of rotatable bonds is 3. The summed E-state index contributed by atoms with van der Waals surface area (Å²) in [7, 11) is 0. The average Bonchev–Trinajstić information content (AvgIpc) is 2.54. The lowest BCUT2D eigenvalue weighted by Crippen LogP contribution is -2.10. The Labute approximate surface area is 135 Å². The molecule has 0 saturated carbocycles. The number of nitrogens with one attached hydrogen (secondary N) is 1. The van der Waals surface area contributed by atoms with Crippen LogP contribution in [0.2, 0.25) is 0 Å². The fourth-order valence-electron chi connectivity index (χ4n) is 2.53. The maximum absolute atomic E-state index is 7.54. The second-order valence-electron chi connectivity index (χ2n) is 5.55. The van der Waals surface area contributed by atoms with E-state index >= 15 is 0 Å². The Hall–Kier alpha value is -3.01. The van der Waals surface area contributed by atoms with E-state index in [0.29, 0.717) is 0 Å². The number of nitrogens with two attached hydrogens (primary N) is 1. The van der Waals surface area contributed by atoms with Crippen molar-refractivity contribution >= 4 is 5.84 Å². The highest BCUT2D eigenvalue weighted by Crippen LogP contribution is 2.24. The second-order valence-corrected chi connectivity index (χ2v) is 5.55. The molecule has 0 bridgehead atoms. The summed E-state index contributed by atoms with van der Waals surface area (Å²) in [5.41, 5.74) is 11.3. The Morgan fingerprint density at radius 2 is 1.43 bits per heavy atom. The number of hydrogen-bond donors (Lipinski definition) is 2. The summed E-state index contributed by atoms with van der Waals surface area (Å²) < 4.78 is 0. The van der Waals surface area contributed by atoms with E-state index in [9.17, 15) is 0 Å². The SMILES string of the molecule is Cc1cc(C)nc(-c2ccc(-c3cccc(C(=N)N)c3)cc2)n1. The molecule has 0 aliphatic rings. The van der Waals surface area contributed by atoms with Crippen molar-refractivity contribution in [3.63, 3.8) is 0 Å². The third-order valence-electron chi connectivity index (χ3n) is 3.63. The Balaban J connectivity index is 1.96. The van der Waals surface area contributed by atoms with E-state index in [1.165, 1.54) is 0 Å². The molecule has 0 unspecified atom stereocenters. The smallest absolute Gasteiger partial charge is 0.159 e. The van der Waals surface area contributed by atoms with E-state index in [1.54, 1.807) is 0 Å². The highest BCUT2D eigenvalue weighted by molar-refractivity contribution is 5.96. The van der Waals surface area contributed by atoms with Gasteiger partial charge in [-0.25, -0.2) is 9.97 Å². The molecule has 1 heterocycles. The van der Waals surface area contributed by atoms with E-state index in [2.05, 4.69) is 9.97 Å². The maximum Gasteiger partial charge on any atom is 0.159 e. The molecule has 0 aliphatic carbocycles. The predicted molar refractivity (Wildman–Crippen MR) is 93.4 cm³/mol. The lowest BCUT2D eigenvalue weighted by Gasteiger charge is -2.07. The third-order valence-corrected chi connectivity index (χ3v) is 3.63. The number of hydrogen-bond acceptors (Lipinski definition) is 3. The van der Waals surface area contributed by atoms with E-state index in [1.807, 2.05) is 68.4 Å². The summed E-state index contributed by atoms with van der Waals surface area (Å²) in [5.74, 6) is 0.818. The van der Waals surface area contributed by atoms with Crippen LogP contribution in [0.25, 0.3) is 22.5 Å². The number of nitrogens with zero attached hydrogens (tertiary/aromatic N) is 2. The largest absolute Gasteiger partial charge is 0.384 e. The zero-order chi connectivity index (χ0) is 16.4. The van der Waals surface area contributed by atoms with E-state index < -0.39 is 0 Å². The van der Waals surface area contributed by atoms with Crippen molar-refractivity contribution in [1.82, 2.24) is 9.97 Å². The molecular formula is C19H18N4. The molecule has 0 saturated heterocycles. The number of aryl methyl sites for hydroxylation is 2. The Kier molecular flexibility index (Phi) is 3.89. The van der Waals surface area contributed by atoms with Gasteiger partial charge < -0.3 is 5.73 Å². The average molecular weight is 302 g/mol. The van der Waals surface area contributed by atoms with Gasteiger partial charge in [0.2, 0.25) is 0 Å². The molecule has 23 heavy (non-hydrogen) atoms. The van der Waals surface area contributed by atoms with Gasteiger partial charge in [0.15, 0.2) is 5.82 Å². The van der Waals surface area contributed by atoms with Gasteiger partial charge in [-0.15, -0.1) is 0 Å². The molecule has 1 aromatic heterocycles. The lowest BCUT2D eigenvalue weighted by atomic mass is 10.0. The molecule has 114 valence electrons. The molecule has 4 heteroatoms. The minimum atomic E-state index is 0.0760. The van der Waals surface area contributed by atoms with Gasteiger partial charge in [-0.05, 0) is 37.1 Å². The molecular weight excluding hydrogens is 284 g/mol. The van der Waals surface area contributed by atoms with Crippen molar-refractivity contribution in [2.24, 2.45) is 5.73 Å². The number of amidine groups is 1. The predicted octanol–water partition coefficient (Wildman–Crippen LogP) is 3.71. The highest BCUT2D eigenvalue weighted by Gasteiger charge is 2.05. The summed E-state index contributed by atoms with van der Waals surface area (Å²) in [6.45, 7) is 3.94. The fraction of sp³-hybridized carbons (Fsp3) is 0.105. The van der Waals surface area contributed by atoms with Gasteiger partial charge in [0, 0.05) is 22.5 Å². The maximum atomic E-state index is 7.54. The fourth-order valence-corrected chi connectivity index (χ4v) is 2.53. The standard InChI is InChI=1S/C19H18N4/c1-12-10-13(2)23-19(22-12)15-8-6-14(7-9-15)16-4-3-5-17(11-16)18(20)21/h3-11H,1-2H3,(H3,20,21). The van der Waals surface area contributed by atoms with Gasteiger partial charge in [0.1, 0.15) is 5.84 Å². The topological polar surface area (TPSA) is 75.7 Å². The molecule has 4 nitrogen and oxygen atoms in total. The summed E-state index contributed by atoms with van der Waals surface area (Å²) in [4.78, 5) is 8.98. The first-order valence-electron chi connectivity index (χ1n) is 7.40. The zero-order valence-corrected chi connectivity index (χ0v) is 13.2. The Morgan fingerprint density at radius 3 is 2.04 bits per heavy atom. The molecule has 3 aromatic rings. The first-order valence-corrected chi connectivity index (χ1v) is 7.40. The monoisotopic (exact) mass is 302 g/mol. The highest BCUT2D eigenvalue weighted by atomic mass is 14.9. The molecule has 0 atom stereocenters. The Bertz CT molecular complexity index is 847. The van der Waals surface area contributed by atoms with Crippen LogP contribution in [0, 0.1) is 19.3 Å². The van der Waals surface area contributed by atoms with Gasteiger partial charge in [-0.2, -0.15) is 0 Å². The normalized spacial score (nSPS) is 10.5. The minimum Gasteiger partial charge on any atom is -0.384 e.